The molecule has 0 unspecified atom stereocenters. The summed E-state index contributed by atoms with van der Waals surface area (Å²) in [5.74, 6) is -1.10. The molecule has 3 N–H and O–H groups in total. The van der Waals surface area contributed by atoms with E-state index in [0.717, 1.165) is 5.56 Å². The predicted octanol–water partition coefficient (Wildman–Crippen LogP) is 3.57. The lowest BCUT2D eigenvalue weighted by Crippen LogP contribution is -2.62. The van der Waals surface area contributed by atoms with Gasteiger partial charge >= 0.3 is 12.2 Å². The highest BCUT2D eigenvalue weighted by atomic mass is 35.5. The molecule has 1 heterocycles. The molecule has 0 aromatic heterocycles. The number of hydrogen-bond donors (Lipinski definition) is 3. The van der Waals surface area contributed by atoms with Gasteiger partial charge in [0.05, 0.1) is 0 Å². The Balaban J connectivity index is 1.60. The fourth-order valence-corrected chi connectivity index (χ4v) is 5.76. The lowest BCUT2D eigenvalue weighted by Gasteiger charge is -2.38. The number of carbonyl (C=O) groups is 4. The topological polar surface area (TPSA) is 126 Å². The van der Waals surface area contributed by atoms with Gasteiger partial charge in [-0.1, -0.05) is 41.9 Å². The Morgan fingerprint density at radius 2 is 1.70 bits per heavy atom. The summed E-state index contributed by atoms with van der Waals surface area (Å²) in [4.78, 5) is 54.8. The van der Waals surface area contributed by atoms with Crippen molar-refractivity contribution in [1.29, 1.82) is 0 Å². The molecule has 4 amide bonds. The molecule has 1 saturated heterocycles. The summed E-state index contributed by atoms with van der Waals surface area (Å²) in [6.45, 7) is 5.29. The smallest absolute Gasteiger partial charge is 0.410 e. The number of nitrogens with one attached hydrogen (secondary N) is 3. The van der Waals surface area contributed by atoms with E-state index in [0.29, 0.717) is 16.6 Å². The van der Waals surface area contributed by atoms with E-state index in [-0.39, 0.29) is 19.2 Å². The van der Waals surface area contributed by atoms with Crippen LogP contribution in [-0.2, 0) is 20.9 Å². The average molecular weight is 546 g/mol. The van der Waals surface area contributed by atoms with Crippen molar-refractivity contribution in [2.45, 2.75) is 51.5 Å². The Labute approximate surface area is 222 Å². The van der Waals surface area contributed by atoms with Crippen LogP contribution in [0.1, 0.15) is 43.1 Å². The summed E-state index contributed by atoms with van der Waals surface area (Å²) in [6.07, 6.45) is -0.864. The van der Waals surface area contributed by atoms with Crippen molar-refractivity contribution in [3.63, 3.8) is 0 Å². The summed E-state index contributed by atoms with van der Waals surface area (Å²) in [5, 5.41) is 0.478. The Morgan fingerprint density at radius 3 is 2.35 bits per heavy atom. The molecule has 2 aromatic rings. The highest BCUT2D eigenvalue weighted by molar-refractivity contribution is 6.59. The molecule has 3 rings (SSSR count). The molecular weight excluding hydrogens is 516 g/mol. The number of halogens is 1. The summed E-state index contributed by atoms with van der Waals surface area (Å²) in [6, 6.07) is 15.1. The van der Waals surface area contributed by atoms with Gasteiger partial charge in [0.15, 0.2) is 8.96 Å². The van der Waals surface area contributed by atoms with E-state index >= 15 is 0 Å². The fourth-order valence-electron chi connectivity index (χ4n) is 3.53. The van der Waals surface area contributed by atoms with Gasteiger partial charge in [0.1, 0.15) is 18.2 Å². The zero-order valence-electron chi connectivity index (χ0n) is 20.9. The summed E-state index contributed by atoms with van der Waals surface area (Å²) in [7, 11) is -1.62. The second kappa shape index (κ2) is 12.6. The number of benzene rings is 2. The molecule has 10 nitrogen and oxygen atoms in total. The first-order valence-corrected chi connectivity index (χ1v) is 14.0. The van der Waals surface area contributed by atoms with Crippen LogP contribution < -0.4 is 15.8 Å². The fraction of sp³-hybridized carbons (Fsp3) is 0.360. The van der Waals surface area contributed by atoms with Gasteiger partial charge < -0.3 is 14.5 Å². The first-order chi connectivity index (χ1) is 17.5. The number of carbonyl (C=O) groups excluding carboxylic acids is 4. The third-order valence-electron chi connectivity index (χ3n) is 5.28. The second-order valence-electron chi connectivity index (χ2n) is 9.40. The van der Waals surface area contributed by atoms with E-state index in [1.165, 1.54) is 17.0 Å². The Bertz CT molecular complexity index is 1110. The van der Waals surface area contributed by atoms with E-state index in [2.05, 4.69) is 15.8 Å². The number of nitrogens with zero attached hydrogens (tertiary/aromatic N) is 1. The number of amides is 4. The lowest BCUT2D eigenvalue weighted by molar-refractivity contribution is -0.127. The first kappa shape index (κ1) is 28.0. The van der Waals surface area contributed by atoms with Gasteiger partial charge in [0.25, 0.3) is 11.8 Å². The van der Waals surface area contributed by atoms with Gasteiger partial charge in [-0.25, -0.2) is 9.59 Å². The molecule has 1 aliphatic rings. The van der Waals surface area contributed by atoms with Crippen LogP contribution in [-0.4, -0.2) is 55.7 Å². The van der Waals surface area contributed by atoms with E-state index in [4.69, 9.17) is 21.1 Å². The molecule has 1 aliphatic heterocycles. The van der Waals surface area contributed by atoms with Gasteiger partial charge in [-0.2, -0.15) is 0 Å². The minimum atomic E-state index is -1.62. The van der Waals surface area contributed by atoms with Crippen LogP contribution >= 0.6 is 11.6 Å². The van der Waals surface area contributed by atoms with Gasteiger partial charge in [0.2, 0.25) is 0 Å². The summed E-state index contributed by atoms with van der Waals surface area (Å²) in [5.41, 5.74) is 5.12. The molecule has 197 valence electrons. The minimum Gasteiger partial charge on any atom is -0.445 e. The highest BCUT2D eigenvalue weighted by Crippen LogP contribution is 2.21. The molecule has 2 aromatic carbocycles. The first-order valence-electron chi connectivity index (χ1n) is 11.7. The maximum atomic E-state index is 13.0. The quantitative estimate of drug-likeness (QED) is 0.389. The van der Waals surface area contributed by atoms with Crippen LogP contribution in [0.4, 0.5) is 9.59 Å². The standard InChI is InChI=1S/C25H30ClN4O6Si/c1-25(2,3)36-24(34)30-16-37(29-23(33)35-15-17-7-5-4-6-8-17)14-13-20(30)22(32)28-27-21(31)18-9-11-19(26)12-10-18/h4-12,20H,13-16H2,1-3H3,(H,27,31)(H,28,32)(H,29,33)/t20-/m1/s1. The lowest BCUT2D eigenvalue weighted by atomic mass is 10.2. The van der Waals surface area contributed by atoms with Crippen LogP contribution in [0.5, 0.6) is 0 Å². The van der Waals surface area contributed by atoms with Crippen molar-refractivity contribution >= 4 is 44.6 Å². The molecule has 0 bridgehead atoms. The highest BCUT2D eigenvalue weighted by Gasteiger charge is 2.40. The van der Waals surface area contributed by atoms with E-state index in [1.54, 1.807) is 32.9 Å². The van der Waals surface area contributed by atoms with Crippen molar-refractivity contribution in [3.8, 4) is 0 Å². The van der Waals surface area contributed by atoms with Crippen molar-refractivity contribution in [1.82, 2.24) is 20.7 Å². The van der Waals surface area contributed by atoms with Crippen molar-refractivity contribution in [3.05, 3.63) is 70.7 Å². The molecule has 12 heteroatoms. The van der Waals surface area contributed by atoms with Gasteiger partial charge in [-0.3, -0.25) is 25.3 Å². The molecule has 0 aliphatic carbocycles. The van der Waals surface area contributed by atoms with Crippen molar-refractivity contribution < 1.29 is 28.7 Å². The maximum Gasteiger partial charge on any atom is 0.410 e. The van der Waals surface area contributed by atoms with Crippen LogP contribution in [0.15, 0.2) is 54.6 Å². The van der Waals surface area contributed by atoms with Crippen molar-refractivity contribution in [2.24, 2.45) is 0 Å². The normalized spacial score (nSPS) is 15.9. The largest absolute Gasteiger partial charge is 0.445 e. The third-order valence-corrected chi connectivity index (χ3v) is 7.71. The predicted molar refractivity (Wildman–Crippen MR) is 139 cm³/mol. The van der Waals surface area contributed by atoms with Crippen LogP contribution in [0.25, 0.3) is 0 Å². The van der Waals surface area contributed by atoms with E-state index in [9.17, 15) is 19.2 Å². The number of hydrogen-bond acceptors (Lipinski definition) is 6. The molecule has 1 atom stereocenters. The van der Waals surface area contributed by atoms with Gasteiger partial charge in [-0.05, 0) is 63.1 Å². The number of hydrazine groups is 1. The van der Waals surface area contributed by atoms with Crippen LogP contribution in [0, 0.1) is 0 Å². The second-order valence-corrected chi connectivity index (χ2v) is 12.1. The summed E-state index contributed by atoms with van der Waals surface area (Å²) >= 11 is 5.84. The molecule has 0 spiro atoms. The monoisotopic (exact) mass is 545 g/mol. The van der Waals surface area contributed by atoms with Gasteiger partial charge in [0, 0.05) is 16.8 Å². The molecule has 1 radical (unpaired) electrons. The van der Waals surface area contributed by atoms with Crippen molar-refractivity contribution in [2.75, 3.05) is 6.17 Å². The molecule has 0 saturated carbocycles. The molecule has 1 fully saturated rings. The SMILES string of the molecule is CC(C)(C)OC(=O)N1C[Si](NC(=O)OCc2ccccc2)CC[C@@H]1C(=O)NNC(=O)c1ccc(Cl)cc1. The Morgan fingerprint density at radius 1 is 1.03 bits per heavy atom. The Hall–Kier alpha value is -3.57. The van der Waals surface area contributed by atoms with Crippen LogP contribution in [0.2, 0.25) is 11.1 Å². The zero-order valence-corrected chi connectivity index (χ0v) is 22.6. The van der Waals surface area contributed by atoms with E-state index < -0.39 is 44.6 Å². The summed E-state index contributed by atoms with van der Waals surface area (Å²) < 4.78 is 10.8. The number of rotatable bonds is 5. The average Bonchev–Trinajstić information content (AvgIpc) is 2.86. The van der Waals surface area contributed by atoms with Gasteiger partial charge in [-0.15, -0.1) is 0 Å². The number of ether oxygens (including phenoxy) is 2. The third kappa shape index (κ3) is 8.79. The minimum absolute atomic E-state index is 0.121. The van der Waals surface area contributed by atoms with Crippen LogP contribution in [0.3, 0.4) is 0 Å². The van der Waals surface area contributed by atoms with E-state index in [1.807, 2.05) is 30.3 Å². The molecular formula is C25H30ClN4O6Si. The molecule has 37 heavy (non-hydrogen) atoms. The maximum absolute atomic E-state index is 13.0. The Kier molecular flexibility index (Phi) is 9.53. The zero-order chi connectivity index (χ0) is 27.0.